The molecule has 30 heavy (non-hydrogen) atoms. The Kier molecular flexibility index (Phi) is 8.29. The maximum absolute atomic E-state index is 13.1. The Hall–Kier alpha value is -1.88. The lowest BCUT2D eigenvalue weighted by molar-refractivity contribution is -0.145. The number of ether oxygens (including phenoxy) is 1. The van der Waals surface area contributed by atoms with Crippen molar-refractivity contribution in [2.75, 3.05) is 6.61 Å². The van der Waals surface area contributed by atoms with Gasteiger partial charge in [0, 0.05) is 0 Å². The first-order valence-electron chi connectivity index (χ1n) is 8.79. The van der Waals surface area contributed by atoms with Crippen molar-refractivity contribution in [3.8, 4) is 0 Å². The van der Waals surface area contributed by atoms with Crippen molar-refractivity contribution in [3.63, 3.8) is 0 Å². The highest BCUT2D eigenvalue weighted by atomic mass is 32.2. The van der Waals surface area contributed by atoms with Gasteiger partial charge in [0.25, 0.3) is 0 Å². The van der Waals surface area contributed by atoms with E-state index >= 15 is 0 Å². The number of hydrogen-bond donors (Lipinski definition) is 1. The molecule has 0 aliphatic heterocycles. The van der Waals surface area contributed by atoms with Crippen LogP contribution in [-0.2, 0) is 32.9 Å². The molecule has 11 heteroatoms. The quantitative estimate of drug-likeness (QED) is 0.455. The van der Waals surface area contributed by atoms with Crippen LogP contribution in [0.25, 0.3) is 5.57 Å². The van der Waals surface area contributed by atoms with Gasteiger partial charge in [0.15, 0.2) is 0 Å². The summed E-state index contributed by atoms with van der Waals surface area (Å²) in [5.74, 6) is -0.848. The lowest BCUT2D eigenvalue weighted by Gasteiger charge is -2.24. The van der Waals surface area contributed by atoms with E-state index < -0.39 is 63.2 Å². The van der Waals surface area contributed by atoms with E-state index in [-0.39, 0.29) is 18.2 Å². The lowest BCUT2D eigenvalue weighted by atomic mass is 9.96. The zero-order chi connectivity index (χ0) is 23.5. The monoisotopic (exact) mass is 459 g/mol. The largest absolute Gasteiger partial charge is 0.465 e. The fourth-order valence-electron chi connectivity index (χ4n) is 2.25. The van der Waals surface area contributed by atoms with Crippen LogP contribution in [0.5, 0.6) is 0 Å². The molecule has 0 saturated heterocycles. The normalized spacial score (nSPS) is 14.9. The standard InChI is InChI=1S/C19H23F6NO3S/c1-6-29-16(27)15(26-30(28)17(3,4)5)7-11(2)12-8-13(18(20,21)22)10-14(9-12)19(23,24)25/h8-10,15,26H,2,6-7H2,1,3-5H3/t15-,30-/m0/s1. The highest BCUT2D eigenvalue weighted by molar-refractivity contribution is 7.84. The minimum atomic E-state index is -5.01. The predicted octanol–water partition coefficient (Wildman–Crippen LogP) is 5.11. The zero-order valence-electron chi connectivity index (χ0n) is 16.8. The van der Waals surface area contributed by atoms with E-state index in [1.807, 2.05) is 0 Å². The number of rotatable bonds is 7. The van der Waals surface area contributed by atoms with Crippen molar-refractivity contribution in [1.29, 1.82) is 0 Å². The Morgan fingerprint density at radius 2 is 1.53 bits per heavy atom. The Morgan fingerprint density at radius 1 is 1.07 bits per heavy atom. The third-order valence-electron chi connectivity index (χ3n) is 3.82. The molecule has 1 N–H and O–H groups in total. The minimum absolute atomic E-state index is 0.00647. The fraction of sp³-hybridized carbons (Fsp3) is 0.526. The zero-order valence-corrected chi connectivity index (χ0v) is 17.6. The molecule has 0 heterocycles. The number of alkyl halides is 6. The van der Waals surface area contributed by atoms with Crippen LogP contribution in [-0.4, -0.2) is 27.6 Å². The Morgan fingerprint density at radius 3 is 1.90 bits per heavy atom. The minimum Gasteiger partial charge on any atom is -0.465 e. The van der Waals surface area contributed by atoms with E-state index in [0.29, 0.717) is 12.1 Å². The van der Waals surface area contributed by atoms with Crippen molar-refractivity contribution in [3.05, 3.63) is 41.5 Å². The second kappa shape index (κ2) is 9.51. The molecule has 0 radical (unpaired) electrons. The van der Waals surface area contributed by atoms with E-state index in [0.717, 1.165) is 0 Å². The van der Waals surface area contributed by atoms with Gasteiger partial charge in [-0.1, -0.05) is 6.58 Å². The van der Waals surface area contributed by atoms with Gasteiger partial charge in [-0.05, 0) is 63.5 Å². The summed E-state index contributed by atoms with van der Waals surface area (Å²) in [7, 11) is -1.75. The molecule has 170 valence electrons. The lowest BCUT2D eigenvalue weighted by Crippen LogP contribution is -2.44. The molecule has 0 saturated carbocycles. The second-order valence-corrected chi connectivity index (χ2v) is 9.40. The first-order chi connectivity index (χ1) is 13.5. The SMILES string of the molecule is C=C(C[C@H](N[S@@](=O)C(C)(C)C)C(=O)OCC)c1cc(C(F)(F)F)cc(C(F)(F)F)c1. The van der Waals surface area contributed by atoms with Crippen LogP contribution < -0.4 is 4.72 Å². The van der Waals surface area contributed by atoms with Crippen LogP contribution in [0.2, 0.25) is 0 Å². The molecular weight excluding hydrogens is 436 g/mol. The number of esters is 1. The highest BCUT2D eigenvalue weighted by Crippen LogP contribution is 2.38. The van der Waals surface area contributed by atoms with E-state index in [2.05, 4.69) is 11.3 Å². The molecule has 0 bridgehead atoms. The molecule has 0 aliphatic carbocycles. The number of hydrogen-bond acceptors (Lipinski definition) is 3. The Labute approximate surface area is 173 Å². The summed E-state index contributed by atoms with van der Waals surface area (Å²) < 4.78 is 97.4. The molecular formula is C19H23F6NO3S. The van der Waals surface area contributed by atoms with E-state index in [1.165, 1.54) is 6.92 Å². The molecule has 0 amide bonds. The van der Waals surface area contributed by atoms with E-state index in [9.17, 15) is 35.3 Å². The highest BCUT2D eigenvalue weighted by Gasteiger charge is 2.37. The molecule has 1 aromatic carbocycles. The molecule has 0 aliphatic rings. The van der Waals surface area contributed by atoms with Gasteiger partial charge in [-0.25, -0.2) is 8.93 Å². The van der Waals surface area contributed by atoms with Gasteiger partial charge in [-0.2, -0.15) is 26.3 Å². The van der Waals surface area contributed by atoms with Crippen LogP contribution in [0.4, 0.5) is 26.3 Å². The number of benzene rings is 1. The van der Waals surface area contributed by atoms with Gasteiger partial charge in [0.2, 0.25) is 0 Å². The van der Waals surface area contributed by atoms with Gasteiger partial charge in [-0.15, -0.1) is 0 Å². The van der Waals surface area contributed by atoms with Gasteiger partial charge in [0.05, 0.1) is 33.5 Å². The van der Waals surface area contributed by atoms with Crippen LogP contribution in [0.1, 0.15) is 50.8 Å². The summed E-state index contributed by atoms with van der Waals surface area (Å²) in [5.41, 5.74) is -3.60. The maximum Gasteiger partial charge on any atom is 0.416 e. The van der Waals surface area contributed by atoms with Gasteiger partial charge in [-0.3, -0.25) is 4.79 Å². The summed E-state index contributed by atoms with van der Waals surface area (Å²) in [6.45, 7) is 9.90. The molecule has 0 unspecified atom stereocenters. The average Bonchev–Trinajstić information content (AvgIpc) is 2.58. The van der Waals surface area contributed by atoms with Crippen molar-refractivity contribution in [2.45, 2.75) is 57.3 Å². The summed E-state index contributed by atoms with van der Waals surface area (Å²) >= 11 is 0. The first-order valence-corrected chi connectivity index (χ1v) is 9.94. The van der Waals surface area contributed by atoms with Crippen LogP contribution in [0.3, 0.4) is 0 Å². The molecule has 0 fully saturated rings. The Bertz CT molecular complexity index is 780. The number of carbonyl (C=O) groups excluding carboxylic acids is 1. The summed E-state index contributed by atoms with van der Waals surface area (Å²) in [6, 6.07) is -0.213. The Balaban J connectivity index is 3.31. The van der Waals surface area contributed by atoms with Gasteiger partial charge >= 0.3 is 18.3 Å². The second-order valence-electron chi connectivity index (χ2n) is 7.41. The molecule has 2 atom stereocenters. The predicted molar refractivity (Wildman–Crippen MR) is 102 cm³/mol. The molecule has 1 rings (SSSR count). The van der Waals surface area contributed by atoms with E-state index in [1.54, 1.807) is 20.8 Å². The third-order valence-corrected chi connectivity index (χ3v) is 5.43. The summed E-state index contributed by atoms with van der Waals surface area (Å²) in [4.78, 5) is 12.2. The van der Waals surface area contributed by atoms with Crippen molar-refractivity contribution >= 4 is 22.5 Å². The van der Waals surface area contributed by atoms with E-state index in [4.69, 9.17) is 4.74 Å². The van der Waals surface area contributed by atoms with Crippen molar-refractivity contribution < 1.29 is 40.1 Å². The number of halogens is 6. The molecule has 1 aromatic rings. The third kappa shape index (κ3) is 7.42. The van der Waals surface area contributed by atoms with Crippen LogP contribution >= 0.6 is 0 Å². The smallest absolute Gasteiger partial charge is 0.416 e. The average molecular weight is 459 g/mol. The van der Waals surface area contributed by atoms with Crippen molar-refractivity contribution in [1.82, 2.24) is 4.72 Å². The first kappa shape index (κ1) is 26.2. The molecule has 0 aromatic heterocycles. The topological polar surface area (TPSA) is 55.4 Å². The van der Waals surface area contributed by atoms with Crippen molar-refractivity contribution in [2.24, 2.45) is 0 Å². The molecule has 0 spiro atoms. The van der Waals surface area contributed by atoms with Gasteiger partial charge < -0.3 is 4.74 Å². The maximum atomic E-state index is 13.1. The fourth-order valence-corrected chi connectivity index (χ4v) is 3.04. The van der Waals surface area contributed by atoms with Crippen LogP contribution in [0, 0.1) is 0 Å². The number of nitrogens with one attached hydrogen (secondary N) is 1. The molecule has 4 nitrogen and oxygen atoms in total. The number of carbonyl (C=O) groups is 1. The summed E-state index contributed by atoms with van der Waals surface area (Å²) in [6.07, 6.45) is -10.4. The summed E-state index contributed by atoms with van der Waals surface area (Å²) in [5, 5.41) is 0. The van der Waals surface area contributed by atoms with Gasteiger partial charge in [0.1, 0.15) is 6.04 Å². The van der Waals surface area contributed by atoms with Crippen LogP contribution in [0.15, 0.2) is 24.8 Å².